The van der Waals surface area contributed by atoms with Gasteiger partial charge in [0.25, 0.3) is 0 Å². The van der Waals surface area contributed by atoms with Gasteiger partial charge in [-0.1, -0.05) is 11.6 Å². The molecule has 0 saturated heterocycles. The molecule has 0 saturated carbocycles. The Morgan fingerprint density at radius 2 is 2.14 bits per heavy atom. The highest BCUT2D eigenvalue weighted by atomic mass is 35.5. The number of hydrogen-bond donors (Lipinski definition) is 1. The van der Waals surface area contributed by atoms with E-state index in [1.54, 1.807) is 12.1 Å². The molecule has 0 aliphatic carbocycles. The summed E-state index contributed by atoms with van der Waals surface area (Å²) in [5, 5.41) is 9.17. The summed E-state index contributed by atoms with van der Waals surface area (Å²) in [5.41, 5.74) is 0.207. The fourth-order valence-corrected chi connectivity index (χ4v) is 1.86. The summed E-state index contributed by atoms with van der Waals surface area (Å²) in [6.07, 6.45) is 0. The predicted octanol–water partition coefficient (Wildman–Crippen LogP) is 2.61. The Bertz CT molecular complexity index is 355. The smallest absolute Gasteiger partial charge is 0.335 e. The number of nitrogens with zero attached hydrogens (tertiary/aromatic N) is 1. The first kappa shape index (κ1) is 11.4. The summed E-state index contributed by atoms with van der Waals surface area (Å²) in [7, 11) is 3.79. The van der Waals surface area contributed by atoms with Crippen LogP contribution in [0.4, 0.5) is 0 Å². The molecule has 0 spiro atoms. The van der Waals surface area contributed by atoms with Gasteiger partial charge in [-0.15, -0.1) is 0 Å². The van der Waals surface area contributed by atoms with Gasteiger partial charge >= 0.3 is 5.97 Å². The summed E-state index contributed by atoms with van der Waals surface area (Å²) in [5.74, 6) is -0.965. The van der Waals surface area contributed by atoms with E-state index < -0.39 is 5.97 Å². The fraction of sp³-hybridized carbons (Fsp3) is 0.222. The monoisotopic (exact) mass is 231 g/mol. The third-order valence-electron chi connectivity index (χ3n) is 1.46. The molecule has 14 heavy (non-hydrogen) atoms. The molecule has 1 aromatic carbocycles. The molecule has 0 aliphatic rings. The number of hydrogen-bond acceptors (Lipinski definition) is 3. The molecule has 0 unspecified atom stereocenters. The van der Waals surface area contributed by atoms with Crippen molar-refractivity contribution in [3.8, 4) is 0 Å². The predicted molar refractivity (Wildman–Crippen MR) is 58.0 cm³/mol. The maximum absolute atomic E-state index is 10.6. The Morgan fingerprint density at radius 3 is 2.57 bits per heavy atom. The largest absolute Gasteiger partial charge is 0.478 e. The molecule has 5 heteroatoms. The number of halogens is 1. The van der Waals surface area contributed by atoms with Crippen molar-refractivity contribution in [1.29, 1.82) is 0 Å². The summed E-state index contributed by atoms with van der Waals surface area (Å²) in [6.45, 7) is 0. The van der Waals surface area contributed by atoms with Crippen LogP contribution in [-0.4, -0.2) is 29.5 Å². The van der Waals surface area contributed by atoms with E-state index in [0.717, 1.165) is 4.90 Å². The Labute approximate surface area is 91.8 Å². The van der Waals surface area contributed by atoms with Crippen molar-refractivity contribution in [3.05, 3.63) is 28.8 Å². The molecule has 3 nitrogen and oxygen atoms in total. The number of benzene rings is 1. The van der Waals surface area contributed by atoms with E-state index in [4.69, 9.17) is 16.7 Å². The van der Waals surface area contributed by atoms with Crippen molar-refractivity contribution in [3.63, 3.8) is 0 Å². The van der Waals surface area contributed by atoms with E-state index >= 15 is 0 Å². The zero-order chi connectivity index (χ0) is 10.7. The fourth-order valence-electron chi connectivity index (χ4n) is 0.905. The summed E-state index contributed by atoms with van der Waals surface area (Å²) < 4.78 is 1.89. The van der Waals surface area contributed by atoms with Crippen LogP contribution in [0.3, 0.4) is 0 Å². The van der Waals surface area contributed by atoms with Crippen molar-refractivity contribution < 1.29 is 9.90 Å². The van der Waals surface area contributed by atoms with Crippen LogP contribution in [0.25, 0.3) is 0 Å². The molecule has 0 heterocycles. The van der Waals surface area contributed by atoms with Gasteiger partial charge in [0.15, 0.2) is 0 Å². The maximum atomic E-state index is 10.6. The standard InChI is InChI=1S/C9H10ClNO2S/c1-11(2)14-8-4-3-6(9(12)13)5-7(8)10/h3-5H,1-2H3,(H,12,13). The zero-order valence-electron chi connectivity index (χ0n) is 7.82. The Balaban J connectivity index is 2.95. The van der Waals surface area contributed by atoms with Gasteiger partial charge in [-0.3, -0.25) is 4.31 Å². The van der Waals surface area contributed by atoms with Crippen LogP contribution in [0.15, 0.2) is 23.1 Å². The average molecular weight is 232 g/mol. The number of carboxylic acid groups (broad SMARTS) is 1. The Kier molecular flexibility index (Phi) is 3.80. The van der Waals surface area contributed by atoms with Gasteiger partial charge in [0, 0.05) is 4.90 Å². The molecule has 0 atom stereocenters. The second-order valence-corrected chi connectivity index (χ2v) is 4.61. The first-order valence-corrected chi connectivity index (χ1v) is 5.04. The lowest BCUT2D eigenvalue weighted by atomic mass is 10.2. The van der Waals surface area contributed by atoms with Crippen LogP contribution in [0, 0.1) is 0 Å². The van der Waals surface area contributed by atoms with Gasteiger partial charge < -0.3 is 5.11 Å². The molecule has 1 rings (SSSR count). The minimum atomic E-state index is -0.965. The van der Waals surface area contributed by atoms with Gasteiger partial charge in [-0.05, 0) is 44.2 Å². The van der Waals surface area contributed by atoms with E-state index in [1.165, 1.54) is 18.0 Å². The second-order valence-electron chi connectivity index (χ2n) is 2.85. The summed E-state index contributed by atoms with van der Waals surface area (Å²) in [6, 6.07) is 4.70. The first-order valence-electron chi connectivity index (χ1n) is 3.89. The van der Waals surface area contributed by atoms with E-state index in [2.05, 4.69) is 0 Å². The van der Waals surface area contributed by atoms with Crippen LogP contribution in [0.2, 0.25) is 5.02 Å². The molecule has 0 radical (unpaired) electrons. The number of rotatable bonds is 3. The first-order chi connectivity index (χ1) is 6.50. The second kappa shape index (κ2) is 4.68. The molecule has 0 aromatic heterocycles. The van der Waals surface area contributed by atoms with Crippen LogP contribution in [0.1, 0.15) is 10.4 Å². The molecule has 1 aromatic rings. The molecule has 0 aliphatic heterocycles. The number of carbonyl (C=O) groups is 1. The summed E-state index contributed by atoms with van der Waals surface area (Å²) in [4.78, 5) is 11.5. The van der Waals surface area contributed by atoms with Gasteiger partial charge in [-0.25, -0.2) is 4.79 Å². The highest BCUT2D eigenvalue weighted by Gasteiger charge is 2.07. The number of carboxylic acids is 1. The molecule has 76 valence electrons. The van der Waals surface area contributed by atoms with Crippen LogP contribution < -0.4 is 0 Å². The molecular weight excluding hydrogens is 222 g/mol. The zero-order valence-corrected chi connectivity index (χ0v) is 9.39. The minimum Gasteiger partial charge on any atom is -0.478 e. The van der Waals surface area contributed by atoms with Gasteiger partial charge in [0.2, 0.25) is 0 Å². The molecule has 0 amide bonds. The third kappa shape index (κ3) is 2.90. The van der Waals surface area contributed by atoms with Crippen molar-refractivity contribution in [2.75, 3.05) is 14.1 Å². The van der Waals surface area contributed by atoms with E-state index in [-0.39, 0.29) is 5.56 Å². The number of aromatic carboxylic acids is 1. The van der Waals surface area contributed by atoms with Gasteiger partial charge in [0.1, 0.15) is 0 Å². The van der Waals surface area contributed by atoms with Crippen molar-refractivity contribution >= 4 is 29.5 Å². The Hall–Kier alpha value is -0.710. The molecule has 0 fully saturated rings. The lowest BCUT2D eigenvalue weighted by Gasteiger charge is -2.09. The van der Waals surface area contributed by atoms with Crippen molar-refractivity contribution in [2.24, 2.45) is 0 Å². The minimum absolute atomic E-state index is 0.207. The quantitative estimate of drug-likeness (QED) is 0.812. The SMILES string of the molecule is CN(C)Sc1ccc(C(=O)O)cc1Cl. The van der Waals surface area contributed by atoms with Crippen LogP contribution in [0.5, 0.6) is 0 Å². The van der Waals surface area contributed by atoms with Crippen LogP contribution in [-0.2, 0) is 0 Å². The third-order valence-corrected chi connectivity index (χ3v) is 2.80. The van der Waals surface area contributed by atoms with E-state index in [0.29, 0.717) is 5.02 Å². The lowest BCUT2D eigenvalue weighted by Crippen LogP contribution is -2.00. The lowest BCUT2D eigenvalue weighted by molar-refractivity contribution is 0.0697. The average Bonchev–Trinajstić information content (AvgIpc) is 2.07. The van der Waals surface area contributed by atoms with Crippen molar-refractivity contribution in [2.45, 2.75) is 4.90 Å². The van der Waals surface area contributed by atoms with Gasteiger partial charge in [-0.2, -0.15) is 0 Å². The Morgan fingerprint density at radius 1 is 1.50 bits per heavy atom. The van der Waals surface area contributed by atoms with Crippen molar-refractivity contribution in [1.82, 2.24) is 4.31 Å². The highest BCUT2D eigenvalue weighted by molar-refractivity contribution is 7.97. The van der Waals surface area contributed by atoms with Gasteiger partial charge in [0.05, 0.1) is 10.6 Å². The van der Waals surface area contributed by atoms with E-state index in [1.807, 2.05) is 18.4 Å². The normalized spacial score (nSPS) is 10.6. The van der Waals surface area contributed by atoms with Crippen LogP contribution >= 0.6 is 23.5 Å². The maximum Gasteiger partial charge on any atom is 0.335 e. The topological polar surface area (TPSA) is 40.5 Å². The highest BCUT2D eigenvalue weighted by Crippen LogP contribution is 2.28. The van der Waals surface area contributed by atoms with E-state index in [9.17, 15) is 4.79 Å². The molecule has 1 N–H and O–H groups in total. The molecular formula is C9H10ClNO2S. The molecule has 0 bridgehead atoms. The summed E-state index contributed by atoms with van der Waals surface area (Å²) >= 11 is 7.36.